The molecule has 3 heterocycles. The standard InChI is InChI=1S/C22H26N4O3/c27-21(25-11-7-17-4-1-2-5-18(17)15-25)8-12-26(16-19-6-3-13-29-19)22(28)20-14-23-9-10-24-20/h1-2,4-5,9-10,14,19H,3,6-8,11-13,15-16H2/t19-/m0/s1. The zero-order valence-electron chi connectivity index (χ0n) is 16.5. The molecule has 7 nitrogen and oxygen atoms in total. The van der Waals surface area contributed by atoms with E-state index < -0.39 is 0 Å². The summed E-state index contributed by atoms with van der Waals surface area (Å²) >= 11 is 0. The van der Waals surface area contributed by atoms with Gasteiger partial charge in [0.25, 0.3) is 5.91 Å². The van der Waals surface area contributed by atoms with Gasteiger partial charge in [-0.15, -0.1) is 0 Å². The van der Waals surface area contributed by atoms with E-state index in [0.717, 1.165) is 32.4 Å². The monoisotopic (exact) mass is 394 g/mol. The zero-order valence-corrected chi connectivity index (χ0v) is 16.5. The topological polar surface area (TPSA) is 75.6 Å². The van der Waals surface area contributed by atoms with Gasteiger partial charge in [0.05, 0.1) is 12.3 Å². The Labute approximate surface area is 170 Å². The molecule has 2 amide bonds. The minimum Gasteiger partial charge on any atom is -0.376 e. The molecule has 0 aliphatic carbocycles. The van der Waals surface area contributed by atoms with Gasteiger partial charge < -0.3 is 14.5 Å². The van der Waals surface area contributed by atoms with Gasteiger partial charge >= 0.3 is 0 Å². The highest BCUT2D eigenvalue weighted by molar-refractivity contribution is 5.92. The van der Waals surface area contributed by atoms with Gasteiger partial charge in [-0.3, -0.25) is 14.6 Å². The molecule has 0 bridgehead atoms. The summed E-state index contributed by atoms with van der Waals surface area (Å²) in [4.78, 5) is 37.5. The van der Waals surface area contributed by atoms with Crippen LogP contribution >= 0.6 is 0 Å². The molecule has 0 radical (unpaired) electrons. The third kappa shape index (κ3) is 4.79. The van der Waals surface area contributed by atoms with Crippen LogP contribution in [0.3, 0.4) is 0 Å². The minimum atomic E-state index is -0.203. The van der Waals surface area contributed by atoms with E-state index >= 15 is 0 Å². The van der Waals surface area contributed by atoms with E-state index in [4.69, 9.17) is 4.74 Å². The smallest absolute Gasteiger partial charge is 0.274 e. The van der Waals surface area contributed by atoms with Gasteiger partial charge in [0, 0.05) is 51.6 Å². The molecule has 4 rings (SSSR count). The summed E-state index contributed by atoms with van der Waals surface area (Å²) in [5.74, 6) is -0.130. The molecule has 29 heavy (non-hydrogen) atoms. The molecule has 2 aliphatic rings. The summed E-state index contributed by atoms with van der Waals surface area (Å²) in [6, 6.07) is 8.25. The average Bonchev–Trinajstić information content (AvgIpc) is 3.29. The van der Waals surface area contributed by atoms with Crippen LogP contribution in [0, 0.1) is 0 Å². The number of rotatable bonds is 6. The molecule has 0 spiro atoms. The second kappa shape index (κ2) is 9.13. The van der Waals surface area contributed by atoms with Gasteiger partial charge in [-0.25, -0.2) is 4.98 Å². The molecule has 2 aliphatic heterocycles. The zero-order chi connectivity index (χ0) is 20.1. The predicted molar refractivity (Wildman–Crippen MR) is 107 cm³/mol. The lowest BCUT2D eigenvalue weighted by molar-refractivity contribution is -0.132. The molecule has 2 aromatic rings. The van der Waals surface area contributed by atoms with Crippen molar-refractivity contribution in [2.24, 2.45) is 0 Å². The van der Waals surface area contributed by atoms with Crippen LogP contribution in [-0.4, -0.2) is 63.9 Å². The highest BCUT2D eigenvalue weighted by Gasteiger charge is 2.26. The van der Waals surface area contributed by atoms with E-state index in [2.05, 4.69) is 22.1 Å². The lowest BCUT2D eigenvalue weighted by Crippen LogP contribution is -2.42. The predicted octanol–water partition coefficient (Wildman–Crippen LogP) is 2.07. The lowest BCUT2D eigenvalue weighted by Gasteiger charge is -2.30. The molecular formula is C22H26N4O3. The molecular weight excluding hydrogens is 368 g/mol. The highest BCUT2D eigenvalue weighted by atomic mass is 16.5. The number of fused-ring (bicyclic) bond motifs is 1. The summed E-state index contributed by atoms with van der Waals surface area (Å²) in [5, 5.41) is 0. The number of amides is 2. The van der Waals surface area contributed by atoms with Crippen LogP contribution in [0.5, 0.6) is 0 Å². The SMILES string of the molecule is O=C(CCN(C[C@@H]1CCCO1)C(=O)c1cnccn1)N1CCc2ccccc2C1. The van der Waals surface area contributed by atoms with Crippen molar-refractivity contribution in [3.05, 3.63) is 59.7 Å². The number of benzene rings is 1. The van der Waals surface area contributed by atoms with Crippen molar-refractivity contribution in [2.75, 3.05) is 26.2 Å². The molecule has 1 aromatic carbocycles. The van der Waals surface area contributed by atoms with Crippen LogP contribution in [0.2, 0.25) is 0 Å². The number of nitrogens with zero attached hydrogens (tertiary/aromatic N) is 4. The van der Waals surface area contributed by atoms with Crippen LogP contribution in [-0.2, 0) is 22.5 Å². The molecule has 0 N–H and O–H groups in total. The first-order valence-corrected chi connectivity index (χ1v) is 10.2. The molecule has 0 saturated carbocycles. The Kier molecular flexibility index (Phi) is 6.14. The first-order chi connectivity index (χ1) is 14.2. The Morgan fingerprint density at radius 2 is 2.07 bits per heavy atom. The van der Waals surface area contributed by atoms with Crippen LogP contribution < -0.4 is 0 Å². The normalized spacial score (nSPS) is 18.3. The van der Waals surface area contributed by atoms with Gasteiger partial charge in [-0.2, -0.15) is 0 Å². The van der Waals surface area contributed by atoms with Crippen molar-refractivity contribution in [1.82, 2.24) is 19.8 Å². The second-order valence-electron chi connectivity index (χ2n) is 7.56. The largest absolute Gasteiger partial charge is 0.376 e. The highest BCUT2D eigenvalue weighted by Crippen LogP contribution is 2.20. The second-order valence-corrected chi connectivity index (χ2v) is 7.56. The quantitative estimate of drug-likeness (QED) is 0.750. The van der Waals surface area contributed by atoms with Gasteiger partial charge in [-0.05, 0) is 30.4 Å². The molecule has 1 fully saturated rings. The maximum atomic E-state index is 12.9. The summed E-state index contributed by atoms with van der Waals surface area (Å²) < 4.78 is 5.71. The molecule has 152 valence electrons. The Morgan fingerprint density at radius 3 is 2.83 bits per heavy atom. The Morgan fingerprint density at radius 1 is 1.21 bits per heavy atom. The molecule has 1 atom stereocenters. The fraction of sp³-hybridized carbons (Fsp3) is 0.455. The van der Waals surface area contributed by atoms with Gasteiger partial charge in [0.2, 0.25) is 5.91 Å². The van der Waals surface area contributed by atoms with E-state index in [-0.39, 0.29) is 17.9 Å². The number of hydrogen-bond acceptors (Lipinski definition) is 5. The van der Waals surface area contributed by atoms with Gasteiger partial charge in [0.15, 0.2) is 0 Å². The van der Waals surface area contributed by atoms with Crippen LogP contribution in [0.4, 0.5) is 0 Å². The van der Waals surface area contributed by atoms with E-state index in [1.54, 1.807) is 11.1 Å². The third-order valence-electron chi connectivity index (χ3n) is 5.60. The van der Waals surface area contributed by atoms with Crippen LogP contribution in [0.15, 0.2) is 42.9 Å². The number of aromatic nitrogens is 2. The molecule has 1 saturated heterocycles. The number of carbonyl (C=O) groups is 2. The van der Waals surface area contributed by atoms with Crippen LogP contribution in [0.25, 0.3) is 0 Å². The van der Waals surface area contributed by atoms with Crippen molar-refractivity contribution < 1.29 is 14.3 Å². The lowest BCUT2D eigenvalue weighted by atomic mass is 10.00. The van der Waals surface area contributed by atoms with Crippen molar-refractivity contribution in [3.63, 3.8) is 0 Å². The maximum absolute atomic E-state index is 12.9. The number of ether oxygens (including phenoxy) is 1. The Hall–Kier alpha value is -2.80. The fourth-order valence-electron chi connectivity index (χ4n) is 3.98. The third-order valence-corrected chi connectivity index (χ3v) is 5.60. The van der Waals surface area contributed by atoms with E-state index in [1.165, 1.54) is 23.5 Å². The minimum absolute atomic E-state index is 0.0209. The fourth-order valence-corrected chi connectivity index (χ4v) is 3.98. The number of hydrogen-bond donors (Lipinski definition) is 0. The summed E-state index contributed by atoms with van der Waals surface area (Å²) in [5.41, 5.74) is 2.82. The maximum Gasteiger partial charge on any atom is 0.274 e. The van der Waals surface area contributed by atoms with Crippen LogP contribution in [0.1, 0.15) is 40.9 Å². The summed E-state index contributed by atoms with van der Waals surface area (Å²) in [6.45, 7) is 2.92. The Balaban J connectivity index is 1.39. The summed E-state index contributed by atoms with van der Waals surface area (Å²) in [6.07, 6.45) is 7.64. The number of carbonyl (C=O) groups excluding carboxylic acids is 2. The Bertz CT molecular complexity index is 852. The molecule has 0 unspecified atom stereocenters. The van der Waals surface area contributed by atoms with Gasteiger partial charge in [0.1, 0.15) is 5.69 Å². The van der Waals surface area contributed by atoms with E-state index in [9.17, 15) is 9.59 Å². The molecule has 1 aromatic heterocycles. The average molecular weight is 394 g/mol. The van der Waals surface area contributed by atoms with Gasteiger partial charge in [-0.1, -0.05) is 24.3 Å². The van der Waals surface area contributed by atoms with E-state index in [0.29, 0.717) is 31.7 Å². The molecule has 7 heteroatoms. The van der Waals surface area contributed by atoms with Crippen molar-refractivity contribution in [1.29, 1.82) is 0 Å². The van der Waals surface area contributed by atoms with Crippen molar-refractivity contribution >= 4 is 11.8 Å². The van der Waals surface area contributed by atoms with E-state index in [1.807, 2.05) is 17.0 Å². The first kappa shape index (κ1) is 19.5. The summed E-state index contributed by atoms with van der Waals surface area (Å²) in [7, 11) is 0. The van der Waals surface area contributed by atoms with Crippen molar-refractivity contribution in [3.8, 4) is 0 Å². The first-order valence-electron chi connectivity index (χ1n) is 10.2. The van der Waals surface area contributed by atoms with Crippen molar-refractivity contribution in [2.45, 2.75) is 38.3 Å².